The van der Waals surface area contributed by atoms with Gasteiger partial charge in [-0.05, 0) is 36.6 Å². The monoisotopic (exact) mass is 396 g/mol. The molecule has 0 saturated heterocycles. The zero-order valence-corrected chi connectivity index (χ0v) is 17.1. The number of halogens is 1. The van der Waals surface area contributed by atoms with Crippen LogP contribution < -0.4 is 5.32 Å². The van der Waals surface area contributed by atoms with Crippen molar-refractivity contribution in [3.63, 3.8) is 0 Å². The van der Waals surface area contributed by atoms with Gasteiger partial charge in [0.2, 0.25) is 11.2 Å². The molecule has 0 spiro atoms. The average molecular weight is 397 g/mol. The van der Waals surface area contributed by atoms with Crippen molar-refractivity contribution < 1.29 is 0 Å². The highest BCUT2D eigenvalue weighted by Gasteiger charge is 2.17. The number of nitrogens with zero attached hydrogens (tertiary/aromatic N) is 3. The fourth-order valence-corrected chi connectivity index (χ4v) is 3.75. The first kappa shape index (κ1) is 20.5. The first-order valence-corrected chi connectivity index (χ1v) is 10.8. The number of rotatable bonds is 3. The van der Waals surface area contributed by atoms with Crippen molar-refractivity contribution >= 4 is 23.2 Å². The molecule has 3 rings (SSSR count). The minimum Gasteiger partial charge on any atom is -0.324 e. The number of hydrogen-bond donors (Lipinski definition) is 1. The van der Waals surface area contributed by atoms with Gasteiger partial charge in [-0.3, -0.25) is 0 Å². The molecule has 0 bridgehead atoms. The number of aromatic nitrogens is 3. The highest BCUT2D eigenvalue weighted by molar-refractivity contribution is 6.28. The molecule has 1 N–H and O–H groups in total. The molecule has 148 valence electrons. The van der Waals surface area contributed by atoms with Gasteiger partial charge in [0.1, 0.15) is 5.82 Å². The van der Waals surface area contributed by atoms with Crippen LogP contribution in [0.2, 0.25) is 5.28 Å². The molecule has 0 atom stereocenters. The van der Waals surface area contributed by atoms with Gasteiger partial charge in [0.25, 0.3) is 0 Å². The first-order valence-electron chi connectivity index (χ1n) is 10.4. The minimum atomic E-state index is 0.257. The quantitative estimate of drug-likeness (QED) is 0.606. The zero-order chi connectivity index (χ0) is 19.4. The third-order valence-electron chi connectivity index (χ3n) is 5.07. The summed E-state index contributed by atoms with van der Waals surface area (Å²) in [6.07, 6.45) is 11.4. The van der Waals surface area contributed by atoms with Crippen LogP contribution >= 0.6 is 11.6 Å². The molecule has 5 heteroatoms. The molecule has 1 aromatic heterocycles. The lowest BCUT2D eigenvalue weighted by Crippen LogP contribution is -2.09. The topological polar surface area (TPSA) is 50.7 Å². The van der Waals surface area contributed by atoms with Crippen LogP contribution in [0.4, 0.5) is 11.6 Å². The molecule has 0 unspecified atom stereocenters. The Hall–Kier alpha value is -2.20. The van der Waals surface area contributed by atoms with E-state index in [1.807, 2.05) is 54.6 Å². The van der Waals surface area contributed by atoms with E-state index in [1.165, 1.54) is 44.9 Å². The van der Waals surface area contributed by atoms with Crippen LogP contribution in [-0.2, 0) is 0 Å². The summed E-state index contributed by atoms with van der Waals surface area (Å²) in [5.74, 6) is 1.69. The van der Waals surface area contributed by atoms with Crippen molar-refractivity contribution in [3.8, 4) is 0 Å². The fraction of sp³-hybridized carbons (Fsp3) is 0.435. The van der Waals surface area contributed by atoms with E-state index in [2.05, 4.69) is 15.3 Å². The first-order chi connectivity index (χ1) is 13.8. The summed E-state index contributed by atoms with van der Waals surface area (Å²) in [5.41, 5.74) is 0.898. The van der Waals surface area contributed by atoms with Gasteiger partial charge < -0.3 is 5.32 Å². The SMILES string of the molecule is Clc1nc(Nc2ccccccccc2)nc(C2CCCCCCCCC2)n1. The van der Waals surface area contributed by atoms with Crippen molar-refractivity contribution in [2.75, 3.05) is 5.32 Å². The van der Waals surface area contributed by atoms with Crippen molar-refractivity contribution in [2.24, 2.45) is 0 Å². The molecule has 4 nitrogen and oxygen atoms in total. The van der Waals surface area contributed by atoms with E-state index in [0.29, 0.717) is 11.9 Å². The van der Waals surface area contributed by atoms with Crippen molar-refractivity contribution in [3.05, 3.63) is 65.7 Å². The molecule has 1 aliphatic carbocycles. The average Bonchev–Trinajstić information content (AvgIpc) is 2.70. The van der Waals surface area contributed by atoms with Gasteiger partial charge in [-0.25, -0.2) is 4.98 Å². The minimum absolute atomic E-state index is 0.257. The lowest BCUT2D eigenvalue weighted by atomic mass is 9.92. The molecule has 2 aromatic rings. The molecule has 28 heavy (non-hydrogen) atoms. The van der Waals surface area contributed by atoms with Crippen LogP contribution in [0.5, 0.6) is 0 Å². The summed E-state index contributed by atoms with van der Waals surface area (Å²) in [6, 6.07) is 17.9. The van der Waals surface area contributed by atoms with Crippen LogP contribution in [0.25, 0.3) is 0 Å². The molecule has 1 fully saturated rings. The Kier molecular flexibility index (Phi) is 8.51. The maximum Gasteiger partial charge on any atom is 0.231 e. The molecule has 1 aliphatic rings. The van der Waals surface area contributed by atoms with Crippen molar-refractivity contribution in [1.82, 2.24) is 15.0 Å². The standard InChI is InChI=1S/C23H29ClN4/c24-22-26-21(19-15-11-7-3-1-4-8-12-16-19)27-23(28-22)25-20-17-13-9-5-2-6-10-14-18-20/h2,5-6,9-10,13-14,17-19H,1,3-4,7-8,11-12,15-16H2,(H,25,26,27,28). The Bertz CT molecular complexity index is 760. The molecule has 0 radical (unpaired) electrons. The largest absolute Gasteiger partial charge is 0.324 e. The molecule has 0 amide bonds. The predicted molar refractivity (Wildman–Crippen MR) is 116 cm³/mol. The zero-order valence-electron chi connectivity index (χ0n) is 16.4. The van der Waals surface area contributed by atoms with Gasteiger partial charge in [-0.15, -0.1) is 0 Å². The van der Waals surface area contributed by atoms with E-state index in [-0.39, 0.29) is 5.28 Å². The summed E-state index contributed by atoms with van der Waals surface area (Å²) in [5, 5.41) is 3.54. The molecule has 0 aliphatic heterocycles. The second kappa shape index (κ2) is 11.6. The molecule has 1 aromatic carbocycles. The van der Waals surface area contributed by atoms with Gasteiger partial charge in [0.15, 0.2) is 0 Å². The second-order valence-electron chi connectivity index (χ2n) is 7.30. The van der Waals surface area contributed by atoms with Crippen molar-refractivity contribution in [2.45, 2.75) is 63.7 Å². The van der Waals surface area contributed by atoms with E-state index >= 15 is 0 Å². The number of nitrogens with one attached hydrogen (secondary N) is 1. The summed E-state index contributed by atoms with van der Waals surface area (Å²) in [4.78, 5) is 13.5. The number of hydrogen-bond acceptors (Lipinski definition) is 4. The van der Waals surface area contributed by atoms with Crippen LogP contribution in [0, 0.1) is 0 Å². The lowest BCUT2D eigenvalue weighted by molar-refractivity contribution is 0.450. The Morgan fingerprint density at radius 3 is 1.82 bits per heavy atom. The van der Waals surface area contributed by atoms with Crippen LogP contribution in [-0.4, -0.2) is 15.0 Å². The Morgan fingerprint density at radius 2 is 1.21 bits per heavy atom. The Labute approximate surface area is 173 Å². The summed E-state index contributed by atoms with van der Waals surface area (Å²) < 4.78 is 0. The van der Waals surface area contributed by atoms with Gasteiger partial charge >= 0.3 is 0 Å². The predicted octanol–water partition coefficient (Wildman–Crippen LogP) is 7.00. The van der Waals surface area contributed by atoms with E-state index in [1.54, 1.807) is 0 Å². The van der Waals surface area contributed by atoms with E-state index in [0.717, 1.165) is 24.4 Å². The van der Waals surface area contributed by atoms with Gasteiger partial charge in [-0.2, -0.15) is 9.97 Å². The maximum absolute atomic E-state index is 6.25. The Morgan fingerprint density at radius 1 is 0.679 bits per heavy atom. The smallest absolute Gasteiger partial charge is 0.231 e. The van der Waals surface area contributed by atoms with Gasteiger partial charge in [0.05, 0.1) is 0 Å². The van der Waals surface area contributed by atoms with Crippen LogP contribution in [0.1, 0.15) is 69.5 Å². The summed E-state index contributed by atoms with van der Waals surface area (Å²) in [6.45, 7) is 0. The van der Waals surface area contributed by atoms with Crippen LogP contribution in [0.15, 0.2) is 54.6 Å². The molecule has 1 heterocycles. The van der Waals surface area contributed by atoms with Crippen molar-refractivity contribution in [1.29, 1.82) is 0 Å². The third-order valence-corrected chi connectivity index (χ3v) is 5.24. The van der Waals surface area contributed by atoms with E-state index < -0.39 is 0 Å². The summed E-state index contributed by atoms with van der Waals surface area (Å²) in [7, 11) is 0. The molecule has 1 saturated carbocycles. The highest BCUT2D eigenvalue weighted by atomic mass is 35.5. The lowest BCUT2D eigenvalue weighted by Gasteiger charge is -2.18. The van der Waals surface area contributed by atoms with E-state index in [4.69, 9.17) is 16.6 Å². The van der Waals surface area contributed by atoms with Crippen LogP contribution in [0.3, 0.4) is 0 Å². The highest BCUT2D eigenvalue weighted by Crippen LogP contribution is 2.29. The third kappa shape index (κ3) is 7.08. The Balaban J connectivity index is 1.80. The van der Waals surface area contributed by atoms with E-state index in [9.17, 15) is 0 Å². The van der Waals surface area contributed by atoms with Gasteiger partial charge in [0, 0.05) is 11.6 Å². The normalized spacial score (nSPS) is 16.0. The maximum atomic E-state index is 6.25. The molecular weight excluding hydrogens is 368 g/mol. The number of anilines is 2. The van der Waals surface area contributed by atoms with Gasteiger partial charge in [-0.1, -0.05) is 87.4 Å². The summed E-state index contributed by atoms with van der Waals surface area (Å²) >= 11 is 6.25. The molecular formula is C23H29ClN4. The second-order valence-corrected chi connectivity index (χ2v) is 7.63. The fourth-order valence-electron chi connectivity index (χ4n) is 3.58.